The molecule has 3 aliphatic rings. The zero-order chi connectivity index (χ0) is 18.5. The van der Waals surface area contributed by atoms with Gasteiger partial charge in [-0.15, -0.1) is 5.10 Å². The fourth-order valence-electron chi connectivity index (χ4n) is 4.95. The first kappa shape index (κ1) is 16.1. The fraction of sp³-hybridized carbons (Fsp3) is 0.444. The van der Waals surface area contributed by atoms with Crippen molar-refractivity contribution in [2.75, 3.05) is 11.9 Å². The highest BCUT2D eigenvalue weighted by molar-refractivity contribution is 6.09. The Labute approximate surface area is 154 Å². The van der Waals surface area contributed by atoms with Gasteiger partial charge in [0, 0.05) is 5.69 Å². The number of anilines is 1. The van der Waals surface area contributed by atoms with Crippen LogP contribution in [-0.2, 0) is 14.4 Å². The van der Waals surface area contributed by atoms with Crippen molar-refractivity contribution in [3.63, 3.8) is 0 Å². The van der Waals surface area contributed by atoms with E-state index in [1.54, 1.807) is 24.3 Å². The van der Waals surface area contributed by atoms with E-state index in [0.717, 1.165) is 29.8 Å². The van der Waals surface area contributed by atoms with Crippen LogP contribution in [0.3, 0.4) is 0 Å². The third-order valence-corrected chi connectivity index (χ3v) is 6.09. The maximum absolute atomic E-state index is 12.7. The number of amides is 3. The second kappa shape index (κ2) is 5.97. The summed E-state index contributed by atoms with van der Waals surface area (Å²) in [7, 11) is 0. The van der Waals surface area contributed by atoms with Crippen LogP contribution in [0.4, 0.5) is 5.69 Å². The summed E-state index contributed by atoms with van der Waals surface area (Å²) in [5, 5.41) is 13.7. The minimum absolute atomic E-state index is 0.165. The topological polar surface area (TPSA) is 110 Å². The number of fused-ring (bicyclic) bond motifs is 5. The Balaban J connectivity index is 1.25. The van der Waals surface area contributed by atoms with Gasteiger partial charge < -0.3 is 5.32 Å². The number of hydrogen-bond donors (Lipinski definition) is 1. The zero-order valence-electron chi connectivity index (χ0n) is 14.5. The number of rotatable bonds is 4. The number of tetrazole rings is 1. The first-order valence-electron chi connectivity index (χ1n) is 9.10. The van der Waals surface area contributed by atoms with E-state index < -0.39 is 0 Å². The van der Waals surface area contributed by atoms with E-state index in [2.05, 4.69) is 20.8 Å². The molecule has 1 N–H and O–H groups in total. The molecule has 4 atom stereocenters. The first-order valence-corrected chi connectivity index (χ1v) is 9.10. The molecule has 3 amide bonds. The summed E-state index contributed by atoms with van der Waals surface area (Å²) in [5.74, 6) is -0.451. The third-order valence-electron chi connectivity index (χ3n) is 6.09. The molecule has 0 spiro atoms. The SMILES string of the molecule is O=C(CN1C(=O)[C@H]2[C@H]3CC[C@@H](C3)[C@@H]2C1=O)Nc1ccc(-n2cnnn2)cc1. The van der Waals surface area contributed by atoms with Crippen LogP contribution in [-0.4, -0.2) is 49.4 Å². The van der Waals surface area contributed by atoms with Crippen molar-refractivity contribution in [2.24, 2.45) is 23.7 Å². The van der Waals surface area contributed by atoms with Crippen molar-refractivity contribution < 1.29 is 14.4 Å². The van der Waals surface area contributed by atoms with E-state index in [1.807, 2.05) is 0 Å². The minimum atomic E-state index is -0.376. The maximum Gasteiger partial charge on any atom is 0.244 e. The van der Waals surface area contributed by atoms with E-state index in [4.69, 9.17) is 0 Å². The summed E-state index contributed by atoms with van der Waals surface area (Å²) in [6.45, 7) is -0.223. The van der Waals surface area contributed by atoms with Gasteiger partial charge in [-0.1, -0.05) is 0 Å². The number of likely N-dealkylation sites (tertiary alicyclic amines) is 1. The third kappa shape index (κ3) is 2.53. The molecule has 0 unspecified atom stereocenters. The molecule has 1 aliphatic heterocycles. The van der Waals surface area contributed by atoms with Crippen LogP contribution in [0.5, 0.6) is 0 Å². The number of benzene rings is 1. The highest BCUT2D eigenvalue weighted by Gasteiger charge is 2.60. The van der Waals surface area contributed by atoms with Crippen LogP contribution >= 0.6 is 0 Å². The van der Waals surface area contributed by atoms with Gasteiger partial charge in [-0.05, 0) is 65.8 Å². The van der Waals surface area contributed by atoms with Crippen molar-refractivity contribution in [3.05, 3.63) is 30.6 Å². The van der Waals surface area contributed by atoms with Crippen LogP contribution < -0.4 is 5.32 Å². The van der Waals surface area contributed by atoms with Gasteiger partial charge in [0.1, 0.15) is 12.9 Å². The lowest BCUT2D eigenvalue weighted by Gasteiger charge is -2.19. The standard InChI is InChI=1S/C18H18N6O3/c25-14(20-12-3-5-13(6-4-12)24-9-19-21-22-24)8-23-17(26)15-10-1-2-11(7-10)16(15)18(23)27/h3-6,9-11,15-16H,1-2,7-8H2,(H,20,25)/t10-,11-,15-,16-/m0/s1. The Kier molecular flexibility index (Phi) is 3.56. The molecule has 9 nitrogen and oxygen atoms in total. The van der Waals surface area contributed by atoms with E-state index in [9.17, 15) is 14.4 Å². The minimum Gasteiger partial charge on any atom is -0.325 e. The monoisotopic (exact) mass is 366 g/mol. The molecular formula is C18H18N6O3. The molecule has 3 fully saturated rings. The van der Waals surface area contributed by atoms with Gasteiger partial charge in [-0.2, -0.15) is 0 Å². The van der Waals surface area contributed by atoms with Crippen molar-refractivity contribution in [3.8, 4) is 5.69 Å². The van der Waals surface area contributed by atoms with Crippen molar-refractivity contribution >= 4 is 23.4 Å². The van der Waals surface area contributed by atoms with Crippen LogP contribution in [0, 0.1) is 23.7 Å². The first-order chi connectivity index (χ1) is 13.1. The lowest BCUT2D eigenvalue weighted by atomic mass is 9.81. The molecule has 2 aliphatic carbocycles. The zero-order valence-corrected chi connectivity index (χ0v) is 14.5. The van der Waals surface area contributed by atoms with Gasteiger partial charge in [0.2, 0.25) is 17.7 Å². The molecule has 1 aromatic carbocycles. The summed E-state index contributed by atoms with van der Waals surface area (Å²) in [5.41, 5.74) is 1.34. The molecule has 2 saturated carbocycles. The molecule has 1 saturated heterocycles. The normalized spacial score (nSPS) is 28.7. The molecule has 2 heterocycles. The number of nitrogens with zero attached hydrogens (tertiary/aromatic N) is 5. The molecular weight excluding hydrogens is 348 g/mol. The molecule has 138 valence electrons. The van der Waals surface area contributed by atoms with Crippen LogP contribution in [0.2, 0.25) is 0 Å². The van der Waals surface area contributed by atoms with E-state index in [-0.39, 0.29) is 36.1 Å². The van der Waals surface area contributed by atoms with Gasteiger partial charge in [0.05, 0.1) is 17.5 Å². The van der Waals surface area contributed by atoms with Gasteiger partial charge in [0.25, 0.3) is 0 Å². The number of aromatic nitrogens is 4. The van der Waals surface area contributed by atoms with Crippen molar-refractivity contribution in [1.82, 2.24) is 25.1 Å². The highest BCUT2D eigenvalue weighted by atomic mass is 16.2. The fourth-order valence-corrected chi connectivity index (χ4v) is 4.95. The average molecular weight is 366 g/mol. The number of nitrogens with one attached hydrogen (secondary N) is 1. The highest BCUT2D eigenvalue weighted by Crippen LogP contribution is 2.56. The second-order valence-corrected chi connectivity index (χ2v) is 7.50. The molecule has 2 aromatic rings. The molecule has 5 rings (SSSR count). The molecule has 0 radical (unpaired) electrons. The lowest BCUT2D eigenvalue weighted by molar-refractivity contribution is -0.143. The average Bonchev–Trinajstić information content (AvgIpc) is 3.44. The van der Waals surface area contributed by atoms with Crippen molar-refractivity contribution in [2.45, 2.75) is 19.3 Å². The van der Waals surface area contributed by atoms with E-state index >= 15 is 0 Å². The second-order valence-electron chi connectivity index (χ2n) is 7.50. The number of hydrogen-bond acceptors (Lipinski definition) is 6. The number of carbonyl (C=O) groups excluding carboxylic acids is 3. The molecule has 27 heavy (non-hydrogen) atoms. The van der Waals surface area contributed by atoms with Crippen molar-refractivity contribution in [1.29, 1.82) is 0 Å². The Morgan fingerprint density at radius 1 is 1.07 bits per heavy atom. The van der Waals surface area contributed by atoms with E-state index in [0.29, 0.717) is 17.5 Å². The Morgan fingerprint density at radius 2 is 1.74 bits per heavy atom. The predicted octanol–water partition coefficient (Wildman–Crippen LogP) is 0.632. The van der Waals surface area contributed by atoms with Crippen LogP contribution in [0.25, 0.3) is 5.69 Å². The molecule has 9 heteroatoms. The maximum atomic E-state index is 12.7. The summed E-state index contributed by atoms with van der Waals surface area (Å²) in [6, 6.07) is 6.97. The van der Waals surface area contributed by atoms with Gasteiger partial charge in [0.15, 0.2) is 0 Å². The van der Waals surface area contributed by atoms with Gasteiger partial charge in [-0.3, -0.25) is 19.3 Å². The van der Waals surface area contributed by atoms with Crippen LogP contribution in [0.15, 0.2) is 30.6 Å². The Bertz CT molecular complexity index is 882. The summed E-state index contributed by atoms with van der Waals surface area (Å²) in [4.78, 5) is 38.8. The smallest absolute Gasteiger partial charge is 0.244 e. The molecule has 2 bridgehead atoms. The predicted molar refractivity (Wildman–Crippen MR) is 92.3 cm³/mol. The Hall–Kier alpha value is -3.10. The lowest BCUT2D eigenvalue weighted by Crippen LogP contribution is -2.39. The number of carbonyl (C=O) groups is 3. The largest absolute Gasteiger partial charge is 0.325 e. The van der Waals surface area contributed by atoms with Crippen LogP contribution in [0.1, 0.15) is 19.3 Å². The molecule has 1 aromatic heterocycles. The summed E-state index contributed by atoms with van der Waals surface area (Å²) < 4.78 is 1.50. The Morgan fingerprint density at radius 3 is 2.33 bits per heavy atom. The number of imide groups is 1. The van der Waals surface area contributed by atoms with Gasteiger partial charge in [-0.25, -0.2) is 4.68 Å². The van der Waals surface area contributed by atoms with Gasteiger partial charge >= 0.3 is 0 Å². The summed E-state index contributed by atoms with van der Waals surface area (Å²) in [6.07, 6.45) is 4.51. The van der Waals surface area contributed by atoms with E-state index in [1.165, 1.54) is 11.0 Å². The quantitative estimate of drug-likeness (QED) is 0.795. The summed E-state index contributed by atoms with van der Waals surface area (Å²) >= 11 is 0.